The zero-order valence-electron chi connectivity index (χ0n) is 8.77. The van der Waals surface area contributed by atoms with E-state index >= 15 is 0 Å². The molecule has 0 aromatic carbocycles. The fourth-order valence-electron chi connectivity index (χ4n) is 2.15. The number of hydrogen-bond acceptors (Lipinski definition) is 1. The van der Waals surface area contributed by atoms with Crippen LogP contribution in [0.2, 0.25) is 0 Å². The Labute approximate surface area is 96.4 Å². The van der Waals surface area contributed by atoms with Gasteiger partial charge in [-0.25, -0.2) is 0 Å². The minimum absolute atomic E-state index is 0.870. The fraction of sp³-hybridized carbons (Fsp3) is 1.00. The van der Waals surface area contributed by atoms with E-state index < -0.39 is 0 Å². The van der Waals surface area contributed by atoms with Crippen molar-refractivity contribution in [3.05, 3.63) is 0 Å². The highest BCUT2D eigenvalue weighted by atomic mass is 127. The van der Waals surface area contributed by atoms with E-state index in [1.54, 1.807) is 0 Å². The van der Waals surface area contributed by atoms with Gasteiger partial charge in [0.15, 0.2) is 0 Å². The Morgan fingerprint density at radius 3 is 1.92 bits per heavy atom. The molecule has 1 aliphatic carbocycles. The number of nitrogens with zero attached hydrogens (tertiary/aromatic N) is 1. The summed E-state index contributed by atoms with van der Waals surface area (Å²) in [5.41, 5.74) is 0. The zero-order chi connectivity index (χ0) is 9.52. The van der Waals surface area contributed by atoms with Crippen LogP contribution < -0.4 is 0 Å². The fourth-order valence-corrected chi connectivity index (χ4v) is 2.71. The summed E-state index contributed by atoms with van der Waals surface area (Å²) < 4.78 is 1.18. The lowest BCUT2D eigenvalue weighted by atomic mass is 10.0. The van der Waals surface area contributed by atoms with Gasteiger partial charge >= 0.3 is 0 Å². The molecule has 1 nitrogen and oxygen atoms in total. The Hall–Kier alpha value is 0.690. The first-order valence-electron chi connectivity index (χ1n) is 5.61. The van der Waals surface area contributed by atoms with Crippen LogP contribution in [0.3, 0.4) is 0 Å². The van der Waals surface area contributed by atoms with Gasteiger partial charge in [0.05, 0.1) is 4.55 Å². The highest BCUT2D eigenvalue weighted by Crippen LogP contribution is 2.20. The second-order valence-corrected chi connectivity index (χ2v) is 4.91. The molecule has 78 valence electrons. The van der Waals surface area contributed by atoms with Crippen molar-refractivity contribution in [2.45, 2.75) is 57.4 Å². The average Bonchev–Trinajstić information content (AvgIpc) is 2.29. The quantitative estimate of drug-likeness (QED) is 0.425. The summed E-state index contributed by atoms with van der Waals surface area (Å²) in [7, 11) is 2.27. The van der Waals surface area contributed by atoms with E-state index in [2.05, 4.69) is 34.5 Å². The highest BCUT2D eigenvalue weighted by molar-refractivity contribution is 14.1. The molecule has 0 aliphatic heterocycles. The van der Waals surface area contributed by atoms with Crippen LogP contribution in [0.15, 0.2) is 0 Å². The van der Waals surface area contributed by atoms with Crippen LogP contribution in [-0.4, -0.2) is 22.5 Å². The third-order valence-electron chi connectivity index (χ3n) is 3.14. The molecule has 1 saturated carbocycles. The molecule has 0 unspecified atom stereocenters. The molecule has 0 spiro atoms. The Kier molecular flexibility index (Phi) is 6.37. The summed E-state index contributed by atoms with van der Waals surface area (Å²) >= 11 is 2.47. The summed E-state index contributed by atoms with van der Waals surface area (Å²) in [4.78, 5) is 2.52. The lowest BCUT2D eigenvalue weighted by Gasteiger charge is -2.25. The van der Waals surface area contributed by atoms with Crippen molar-refractivity contribution < 1.29 is 0 Å². The van der Waals surface area contributed by atoms with Gasteiger partial charge in [-0.3, -0.25) is 4.90 Å². The SMILES string of the molecule is CN(CI)C1CCCCCCCC1. The van der Waals surface area contributed by atoms with E-state index in [4.69, 9.17) is 0 Å². The molecule has 0 heterocycles. The van der Waals surface area contributed by atoms with Crippen molar-refractivity contribution in [2.75, 3.05) is 11.6 Å². The van der Waals surface area contributed by atoms with Crippen LogP contribution in [0.1, 0.15) is 51.4 Å². The molecule has 1 rings (SSSR count). The first-order valence-corrected chi connectivity index (χ1v) is 7.13. The van der Waals surface area contributed by atoms with Gasteiger partial charge in [0.1, 0.15) is 0 Å². The molecule has 1 fully saturated rings. The van der Waals surface area contributed by atoms with Crippen molar-refractivity contribution in [1.82, 2.24) is 4.90 Å². The Morgan fingerprint density at radius 1 is 1.00 bits per heavy atom. The molecule has 0 amide bonds. The molecule has 2 heteroatoms. The van der Waals surface area contributed by atoms with Gasteiger partial charge in [-0.1, -0.05) is 61.1 Å². The number of alkyl halides is 1. The topological polar surface area (TPSA) is 3.24 Å². The normalized spacial score (nSPS) is 22.4. The number of hydrogen-bond donors (Lipinski definition) is 0. The Bertz CT molecular complexity index is 117. The molecule has 13 heavy (non-hydrogen) atoms. The van der Waals surface area contributed by atoms with Gasteiger partial charge in [0, 0.05) is 6.04 Å². The van der Waals surface area contributed by atoms with Gasteiger partial charge in [-0.05, 0) is 19.9 Å². The van der Waals surface area contributed by atoms with Crippen LogP contribution >= 0.6 is 22.6 Å². The van der Waals surface area contributed by atoms with Crippen LogP contribution in [0, 0.1) is 0 Å². The molecule has 0 bridgehead atoms. The van der Waals surface area contributed by atoms with Gasteiger partial charge < -0.3 is 0 Å². The van der Waals surface area contributed by atoms with E-state index in [1.165, 1.54) is 55.9 Å². The minimum Gasteiger partial charge on any atom is -0.294 e. The molecular weight excluding hydrogens is 273 g/mol. The van der Waals surface area contributed by atoms with E-state index in [0.29, 0.717) is 0 Å². The van der Waals surface area contributed by atoms with Crippen LogP contribution in [-0.2, 0) is 0 Å². The Balaban J connectivity index is 2.31. The second-order valence-electron chi connectivity index (χ2n) is 4.23. The average molecular weight is 295 g/mol. The van der Waals surface area contributed by atoms with E-state index in [1.807, 2.05) is 0 Å². The van der Waals surface area contributed by atoms with Gasteiger partial charge in [0.25, 0.3) is 0 Å². The van der Waals surface area contributed by atoms with Crippen LogP contribution in [0.5, 0.6) is 0 Å². The van der Waals surface area contributed by atoms with Crippen molar-refractivity contribution in [2.24, 2.45) is 0 Å². The lowest BCUT2D eigenvalue weighted by Crippen LogP contribution is -2.30. The maximum Gasteiger partial charge on any atom is 0.0505 e. The molecule has 0 atom stereocenters. The highest BCUT2D eigenvalue weighted by Gasteiger charge is 2.13. The third kappa shape index (κ3) is 4.63. The first kappa shape index (κ1) is 11.8. The largest absolute Gasteiger partial charge is 0.294 e. The molecule has 1 aliphatic rings. The molecule has 0 N–H and O–H groups in total. The molecule has 0 aromatic rings. The predicted octanol–water partition coefficient (Wildman–Crippen LogP) is 3.81. The first-order chi connectivity index (χ1) is 6.34. The maximum absolute atomic E-state index is 2.52. The van der Waals surface area contributed by atoms with Crippen LogP contribution in [0.25, 0.3) is 0 Å². The number of rotatable bonds is 2. The molecule has 0 radical (unpaired) electrons. The summed E-state index contributed by atoms with van der Waals surface area (Å²) in [5.74, 6) is 0. The minimum atomic E-state index is 0.870. The van der Waals surface area contributed by atoms with Gasteiger partial charge in [-0.15, -0.1) is 0 Å². The van der Waals surface area contributed by atoms with E-state index in [9.17, 15) is 0 Å². The third-order valence-corrected chi connectivity index (χ3v) is 4.21. The smallest absolute Gasteiger partial charge is 0.0505 e. The number of halogens is 1. The summed E-state index contributed by atoms with van der Waals surface area (Å²) in [6, 6.07) is 0.870. The van der Waals surface area contributed by atoms with Crippen molar-refractivity contribution in [1.29, 1.82) is 0 Å². The Morgan fingerprint density at radius 2 is 1.46 bits per heavy atom. The van der Waals surface area contributed by atoms with E-state index in [-0.39, 0.29) is 0 Å². The van der Waals surface area contributed by atoms with Crippen molar-refractivity contribution in [3.8, 4) is 0 Å². The van der Waals surface area contributed by atoms with Crippen LogP contribution in [0.4, 0.5) is 0 Å². The van der Waals surface area contributed by atoms with Crippen molar-refractivity contribution >= 4 is 22.6 Å². The lowest BCUT2D eigenvalue weighted by molar-refractivity contribution is 0.252. The molecule has 0 aromatic heterocycles. The maximum atomic E-state index is 2.52. The van der Waals surface area contributed by atoms with Crippen molar-refractivity contribution in [3.63, 3.8) is 0 Å². The molecular formula is C11H22IN. The second kappa shape index (κ2) is 7.04. The van der Waals surface area contributed by atoms with Gasteiger partial charge in [0.2, 0.25) is 0 Å². The predicted molar refractivity (Wildman–Crippen MR) is 67.4 cm³/mol. The molecule has 0 saturated heterocycles. The summed E-state index contributed by atoms with van der Waals surface area (Å²) in [6.07, 6.45) is 11.6. The summed E-state index contributed by atoms with van der Waals surface area (Å²) in [6.45, 7) is 0. The monoisotopic (exact) mass is 295 g/mol. The summed E-state index contributed by atoms with van der Waals surface area (Å²) in [5, 5.41) is 0. The zero-order valence-corrected chi connectivity index (χ0v) is 10.9. The van der Waals surface area contributed by atoms with Gasteiger partial charge in [-0.2, -0.15) is 0 Å². The standard InChI is InChI=1S/C11H22IN/c1-13(10-12)11-8-6-4-2-3-5-7-9-11/h11H,2-10H2,1H3. The van der Waals surface area contributed by atoms with E-state index in [0.717, 1.165) is 6.04 Å².